The third kappa shape index (κ3) is 3.01. The summed E-state index contributed by atoms with van der Waals surface area (Å²) in [5, 5.41) is 9.25. The highest BCUT2D eigenvalue weighted by molar-refractivity contribution is 6.31. The first-order valence-electron chi connectivity index (χ1n) is 5.87. The third-order valence-electron chi connectivity index (χ3n) is 3.23. The smallest absolute Gasteiger partial charge is 0.307 e. The fourth-order valence-electron chi connectivity index (χ4n) is 2.29. The molecule has 5 heteroatoms. The number of carboxylic acid groups (broad SMARTS) is 1. The third-order valence-corrected chi connectivity index (χ3v) is 3.45. The maximum atomic E-state index is 13.2. The number of carbonyl (C=O) groups is 2. The maximum absolute atomic E-state index is 13.2. The van der Waals surface area contributed by atoms with Crippen LogP contribution in [0.5, 0.6) is 0 Å². The molecule has 2 rings (SSSR count). The van der Waals surface area contributed by atoms with Gasteiger partial charge in [0.15, 0.2) is 5.78 Å². The van der Waals surface area contributed by atoms with Crippen LogP contribution in [0.4, 0.5) is 4.39 Å². The zero-order chi connectivity index (χ0) is 14.0. The fourth-order valence-corrected chi connectivity index (χ4v) is 2.51. The zero-order valence-corrected chi connectivity index (χ0v) is 10.7. The number of ketones is 1. The number of allylic oxidation sites excluding steroid dienone is 2. The Morgan fingerprint density at radius 1 is 1.16 bits per heavy atom. The van der Waals surface area contributed by atoms with Gasteiger partial charge in [0.25, 0.3) is 0 Å². The summed E-state index contributed by atoms with van der Waals surface area (Å²) >= 11 is 5.71. The summed E-state index contributed by atoms with van der Waals surface area (Å²) < 4.78 is 13.2. The molecule has 0 fully saturated rings. The Kier molecular flexibility index (Phi) is 4.00. The lowest BCUT2D eigenvalue weighted by atomic mass is 9.78. The highest BCUT2D eigenvalue weighted by atomic mass is 35.5. The van der Waals surface area contributed by atoms with Gasteiger partial charge in [0, 0.05) is 16.5 Å². The minimum atomic E-state index is -1.01. The van der Waals surface area contributed by atoms with Crippen molar-refractivity contribution in [3.8, 4) is 0 Å². The average Bonchev–Trinajstić information content (AvgIpc) is 2.36. The minimum Gasteiger partial charge on any atom is -0.481 e. The summed E-state index contributed by atoms with van der Waals surface area (Å²) in [6, 6.07) is 3.56. The normalized spacial score (nSPS) is 22.2. The van der Waals surface area contributed by atoms with E-state index in [-0.39, 0.29) is 16.4 Å². The van der Waals surface area contributed by atoms with Crippen molar-refractivity contribution in [3.05, 3.63) is 46.8 Å². The molecule has 0 radical (unpaired) electrons. The summed E-state index contributed by atoms with van der Waals surface area (Å²) in [5.41, 5.74) is 0.122. The standard InChI is InChI=1S/C14H12ClFO3/c15-9-5-8(6-10(16)7-9)13(17)11-3-1-2-4-12(11)14(18)19/h1-2,5-7,11-12H,3-4H2,(H,18,19). The molecule has 1 aliphatic rings. The molecule has 1 aromatic carbocycles. The predicted octanol–water partition coefficient (Wildman–Crippen LogP) is 3.33. The monoisotopic (exact) mass is 282 g/mol. The lowest BCUT2D eigenvalue weighted by molar-refractivity contribution is -0.143. The van der Waals surface area contributed by atoms with Gasteiger partial charge in [-0.15, -0.1) is 0 Å². The number of Topliss-reactive ketones (excluding diaryl/α,β-unsaturated/α-hetero) is 1. The molecule has 0 amide bonds. The van der Waals surface area contributed by atoms with E-state index in [0.29, 0.717) is 12.8 Å². The van der Waals surface area contributed by atoms with E-state index in [1.54, 1.807) is 12.2 Å². The SMILES string of the molecule is O=C(O)C1CC=CCC1C(=O)c1cc(F)cc(Cl)c1. The van der Waals surface area contributed by atoms with E-state index in [0.717, 1.165) is 12.1 Å². The Bertz CT molecular complexity index is 533. The fraction of sp³-hybridized carbons (Fsp3) is 0.286. The molecule has 0 saturated carbocycles. The first-order valence-corrected chi connectivity index (χ1v) is 6.25. The van der Waals surface area contributed by atoms with Gasteiger partial charge in [-0.1, -0.05) is 23.8 Å². The van der Waals surface area contributed by atoms with E-state index in [1.165, 1.54) is 6.07 Å². The van der Waals surface area contributed by atoms with Crippen LogP contribution in [0.25, 0.3) is 0 Å². The van der Waals surface area contributed by atoms with Crippen molar-refractivity contribution in [2.45, 2.75) is 12.8 Å². The van der Waals surface area contributed by atoms with Gasteiger partial charge in [0.1, 0.15) is 5.82 Å². The molecule has 1 aliphatic carbocycles. The van der Waals surface area contributed by atoms with Crippen LogP contribution in [0.3, 0.4) is 0 Å². The molecule has 1 N–H and O–H groups in total. The molecule has 3 nitrogen and oxygen atoms in total. The minimum absolute atomic E-state index is 0.122. The molecule has 0 bridgehead atoms. The van der Waals surface area contributed by atoms with Gasteiger partial charge in [-0.2, -0.15) is 0 Å². The van der Waals surface area contributed by atoms with Crippen molar-refractivity contribution in [2.75, 3.05) is 0 Å². The van der Waals surface area contributed by atoms with Gasteiger partial charge in [-0.3, -0.25) is 9.59 Å². The second-order valence-corrected chi connectivity index (χ2v) is 4.95. The molecule has 100 valence electrons. The molecule has 0 aromatic heterocycles. The number of hydrogen-bond acceptors (Lipinski definition) is 2. The van der Waals surface area contributed by atoms with E-state index in [9.17, 15) is 14.0 Å². The quantitative estimate of drug-likeness (QED) is 0.683. The van der Waals surface area contributed by atoms with Gasteiger partial charge < -0.3 is 5.11 Å². The Morgan fingerprint density at radius 2 is 1.79 bits per heavy atom. The largest absolute Gasteiger partial charge is 0.481 e. The van der Waals surface area contributed by atoms with Crippen molar-refractivity contribution in [2.24, 2.45) is 11.8 Å². The van der Waals surface area contributed by atoms with Crippen LogP contribution in [0.15, 0.2) is 30.4 Å². The van der Waals surface area contributed by atoms with E-state index >= 15 is 0 Å². The van der Waals surface area contributed by atoms with Crippen molar-refractivity contribution in [1.29, 1.82) is 0 Å². The predicted molar refractivity (Wildman–Crippen MR) is 68.7 cm³/mol. The zero-order valence-electron chi connectivity index (χ0n) is 9.98. The second-order valence-electron chi connectivity index (χ2n) is 4.52. The van der Waals surface area contributed by atoms with Gasteiger partial charge in [0.2, 0.25) is 0 Å². The van der Waals surface area contributed by atoms with Gasteiger partial charge >= 0.3 is 5.97 Å². The van der Waals surface area contributed by atoms with Crippen LogP contribution < -0.4 is 0 Å². The van der Waals surface area contributed by atoms with Gasteiger partial charge in [-0.05, 0) is 31.0 Å². The summed E-state index contributed by atoms with van der Waals surface area (Å²) in [4.78, 5) is 23.4. The van der Waals surface area contributed by atoms with Crippen LogP contribution in [0.2, 0.25) is 5.02 Å². The first-order chi connectivity index (χ1) is 8.99. The Labute approximate surface area is 114 Å². The van der Waals surface area contributed by atoms with Crippen molar-refractivity contribution in [3.63, 3.8) is 0 Å². The summed E-state index contributed by atoms with van der Waals surface area (Å²) in [5.74, 6) is -3.42. The Hall–Kier alpha value is -1.68. The van der Waals surface area contributed by atoms with Crippen LogP contribution in [0.1, 0.15) is 23.2 Å². The van der Waals surface area contributed by atoms with Crippen molar-refractivity contribution >= 4 is 23.4 Å². The molecule has 2 unspecified atom stereocenters. The Morgan fingerprint density at radius 3 is 2.37 bits per heavy atom. The summed E-state index contributed by atoms with van der Waals surface area (Å²) in [6.45, 7) is 0. The number of benzene rings is 1. The van der Waals surface area contributed by atoms with Crippen molar-refractivity contribution in [1.82, 2.24) is 0 Å². The van der Waals surface area contributed by atoms with Crippen LogP contribution in [-0.4, -0.2) is 16.9 Å². The lowest BCUT2D eigenvalue weighted by Gasteiger charge is -2.24. The first kappa shape index (κ1) is 13.7. The molecular formula is C14H12ClFO3. The highest BCUT2D eigenvalue weighted by Crippen LogP contribution is 2.30. The molecule has 0 aliphatic heterocycles. The van der Waals surface area contributed by atoms with Crippen LogP contribution in [-0.2, 0) is 4.79 Å². The molecule has 0 heterocycles. The second kappa shape index (κ2) is 5.53. The van der Waals surface area contributed by atoms with E-state index in [4.69, 9.17) is 16.7 Å². The van der Waals surface area contributed by atoms with Gasteiger partial charge in [-0.25, -0.2) is 4.39 Å². The van der Waals surface area contributed by atoms with Crippen LogP contribution in [0, 0.1) is 17.7 Å². The number of rotatable bonds is 3. The molecule has 19 heavy (non-hydrogen) atoms. The molecular weight excluding hydrogens is 271 g/mol. The Balaban J connectivity index is 2.31. The topological polar surface area (TPSA) is 54.4 Å². The average molecular weight is 283 g/mol. The van der Waals surface area contributed by atoms with Crippen molar-refractivity contribution < 1.29 is 19.1 Å². The van der Waals surface area contributed by atoms with Crippen LogP contribution >= 0.6 is 11.6 Å². The lowest BCUT2D eigenvalue weighted by Crippen LogP contribution is -2.31. The molecule has 0 spiro atoms. The number of halogens is 2. The number of hydrogen-bond donors (Lipinski definition) is 1. The molecule has 1 aromatic rings. The summed E-state index contributed by atoms with van der Waals surface area (Å²) in [6.07, 6.45) is 4.20. The highest BCUT2D eigenvalue weighted by Gasteiger charge is 2.34. The van der Waals surface area contributed by atoms with E-state index in [2.05, 4.69) is 0 Å². The van der Waals surface area contributed by atoms with E-state index < -0.39 is 23.6 Å². The maximum Gasteiger partial charge on any atom is 0.307 e. The van der Waals surface area contributed by atoms with Gasteiger partial charge in [0.05, 0.1) is 5.92 Å². The number of carbonyl (C=O) groups excluding carboxylic acids is 1. The summed E-state index contributed by atoms with van der Waals surface area (Å²) in [7, 11) is 0. The van der Waals surface area contributed by atoms with E-state index in [1.807, 2.05) is 0 Å². The number of carboxylic acids is 1. The number of aliphatic carboxylic acids is 1. The molecule has 0 saturated heterocycles. The molecule has 2 atom stereocenters.